The fraction of sp³-hybridized carbons (Fsp3) is 0. The summed E-state index contributed by atoms with van der Waals surface area (Å²) in [4.78, 5) is 2.86. The summed E-state index contributed by atoms with van der Waals surface area (Å²) in [6.07, 6.45) is 3.75. The molecule has 0 amide bonds. The van der Waals surface area contributed by atoms with E-state index in [0.717, 1.165) is 0 Å². The number of rotatable bonds is 0. The van der Waals surface area contributed by atoms with Crippen LogP contribution in [0, 0.1) is 0 Å². The zero-order chi connectivity index (χ0) is 3.54. The van der Waals surface area contributed by atoms with Gasteiger partial charge in [0.2, 0.25) is 0 Å². The van der Waals surface area contributed by atoms with Crippen LogP contribution >= 0.6 is 0 Å². The van der Waals surface area contributed by atoms with Crippen molar-refractivity contribution in [2.45, 2.75) is 0 Å². The monoisotopic (exact) mass is 126 g/mol. The van der Waals surface area contributed by atoms with E-state index < -0.39 is 0 Å². The third-order valence-electron chi connectivity index (χ3n) is 0.496. The molecule has 6 heavy (non-hydrogen) atoms. The Morgan fingerprint density at radius 3 is 1.67 bits per heavy atom. The second-order valence-electron chi connectivity index (χ2n) is 0.885. The predicted octanol–water partition coefficient (Wildman–Crippen LogP) is 1.01. The number of aromatic amines is 1. The first-order chi connectivity index (χ1) is 2.50. The van der Waals surface area contributed by atoms with Crippen LogP contribution in [0.1, 0.15) is 0 Å². The van der Waals surface area contributed by atoms with Crippen molar-refractivity contribution in [2.75, 3.05) is 0 Å². The molecule has 0 atom stereocenters. The van der Waals surface area contributed by atoms with Crippen LogP contribution in [-0.2, 0) is 16.8 Å². The molecule has 1 aromatic heterocycles. The molecule has 0 spiro atoms. The van der Waals surface area contributed by atoms with Crippen LogP contribution in [0.25, 0.3) is 0 Å². The average Bonchev–Trinajstić information content (AvgIpc) is 1.76. The maximum atomic E-state index is 2.86. The molecule has 0 aromatic carbocycles. The minimum Gasteiger partial charge on any atom is -0.368 e. The zero-order valence-corrected chi connectivity index (χ0v) is 4.18. The molecule has 0 unspecified atom stereocenters. The van der Waals surface area contributed by atoms with E-state index in [1.165, 1.54) is 0 Å². The number of H-pyrrole nitrogens is 1. The largest absolute Gasteiger partial charge is 0.368 e. The van der Waals surface area contributed by atoms with E-state index in [9.17, 15) is 0 Å². The van der Waals surface area contributed by atoms with Gasteiger partial charge < -0.3 is 4.98 Å². The molecule has 0 bridgehead atoms. The van der Waals surface area contributed by atoms with Crippen LogP contribution in [0.2, 0.25) is 0 Å². The topological polar surface area (TPSA) is 15.8 Å². The minimum absolute atomic E-state index is 0. The van der Waals surface area contributed by atoms with E-state index in [0.29, 0.717) is 0 Å². The van der Waals surface area contributed by atoms with Crippen molar-refractivity contribution < 1.29 is 16.8 Å². The Morgan fingerprint density at radius 1 is 1.00 bits per heavy atom. The molecule has 1 radical (unpaired) electrons. The Balaban J connectivity index is 0.000000250. The molecule has 1 rings (SSSR count). The summed E-state index contributed by atoms with van der Waals surface area (Å²) in [7, 11) is 0. The van der Waals surface area contributed by atoms with Gasteiger partial charge in [-0.1, -0.05) is 0 Å². The van der Waals surface area contributed by atoms with Gasteiger partial charge in [-0.15, -0.1) is 0 Å². The van der Waals surface area contributed by atoms with Gasteiger partial charge in [-0.3, -0.25) is 0 Å². The number of hydrogen-bond donors (Lipinski definition) is 1. The van der Waals surface area contributed by atoms with Crippen molar-refractivity contribution in [1.82, 2.24) is 4.98 Å². The van der Waals surface area contributed by atoms with Crippen molar-refractivity contribution in [1.29, 1.82) is 0 Å². The first kappa shape index (κ1) is 5.79. The predicted molar refractivity (Wildman–Crippen MR) is 20.8 cm³/mol. The van der Waals surface area contributed by atoms with E-state index in [-0.39, 0.29) is 16.8 Å². The Hall–Kier alpha value is -0.214. The smallest absolute Gasteiger partial charge is 0.000496 e. The second-order valence-corrected chi connectivity index (χ2v) is 0.885. The van der Waals surface area contributed by atoms with Crippen molar-refractivity contribution >= 4 is 0 Å². The van der Waals surface area contributed by atoms with Crippen LogP contribution in [0.5, 0.6) is 0 Å². The van der Waals surface area contributed by atoms with Crippen molar-refractivity contribution in [2.24, 2.45) is 0 Å². The van der Waals surface area contributed by atoms with Gasteiger partial charge in [-0.05, 0) is 12.1 Å². The minimum atomic E-state index is 0. The molecular weight excluding hydrogens is 121 g/mol. The second kappa shape index (κ2) is 3.00. The van der Waals surface area contributed by atoms with Crippen molar-refractivity contribution in [3.63, 3.8) is 0 Å². The summed E-state index contributed by atoms with van der Waals surface area (Å²) in [6.45, 7) is 0. The molecule has 35 valence electrons. The van der Waals surface area contributed by atoms with E-state index in [4.69, 9.17) is 0 Å². The molecule has 0 aliphatic heterocycles. The third-order valence-corrected chi connectivity index (χ3v) is 0.496. The van der Waals surface area contributed by atoms with Gasteiger partial charge in [0.05, 0.1) is 0 Å². The van der Waals surface area contributed by atoms with E-state index in [1.54, 1.807) is 0 Å². The van der Waals surface area contributed by atoms with Crippen LogP contribution in [0.4, 0.5) is 0 Å². The standard InChI is InChI=1S/C4H5N.Co/c1-2-4-5-3-1;/h1-5H;. The molecule has 1 N–H and O–H groups in total. The fourth-order valence-corrected chi connectivity index (χ4v) is 0.278. The van der Waals surface area contributed by atoms with E-state index in [2.05, 4.69) is 4.98 Å². The summed E-state index contributed by atoms with van der Waals surface area (Å²) in [5.74, 6) is 0. The molecule has 2 heteroatoms. The van der Waals surface area contributed by atoms with Crippen LogP contribution in [0.3, 0.4) is 0 Å². The Bertz CT molecular complexity index is 64.0. The SMILES string of the molecule is [Co].c1cc[nH]c1. The van der Waals surface area contributed by atoms with Gasteiger partial charge in [-0.25, -0.2) is 0 Å². The molecule has 0 saturated carbocycles. The summed E-state index contributed by atoms with van der Waals surface area (Å²) in [5, 5.41) is 0. The van der Waals surface area contributed by atoms with Crippen LogP contribution < -0.4 is 0 Å². The summed E-state index contributed by atoms with van der Waals surface area (Å²) in [5.41, 5.74) is 0. The van der Waals surface area contributed by atoms with E-state index in [1.807, 2.05) is 24.5 Å². The fourth-order valence-electron chi connectivity index (χ4n) is 0.278. The maximum absolute atomic E-state index is 2.86. The quantitative estimate of drug-likeness (QED) is 0.534. The summed E-state index contributed by atoms with van der Waals surface area (Å²) in [6, 6.07) is 3.89. The number of aromatic nitrogens is 1. The molecule has 1 aromatic rings. The van der Waals surface area contributed by atoms with Crippen LogP contribution in [0.15, 0.2) is 24.5 Å². The molecule has 0 aliphatic carbocycles. The van der Waals surface area contributed by atoms with Gasteiger partial charge in [-0.2, -0.15) is 0 Å². The molecule has 1 nitrogen and oxygen atoms in total. The zero-order valence-electron chi connectivity index (χ0n) is 3.14. The first-order valence-electron chi connectivity index (χ1n) is 1.58. The van der Waals surface area contributed by atoms with Crippen molar-refractivity contribution in [3.05, 3.63) is 24.5 Å². The summed E-state index contributed by atoms with van der Waals surface area (Å²) >= 11 is 0. The summed E-state index contributed by atoms with van der Waals surface area (Å²) < 4.78 is 0. The van der Waals surface area contributed by atoms with Crippen molar-refractivity contribution in [3.8, 4) is 0 Å². The molecule has 1 heterocycles. The van der Waals surface area contributed by atoms with Gasteiger partial charge in [0.15, 0.2) is 0 Å². The average molecular weight is 126 g/mol. The number of hydrogen-bond acceptors (Lipinski definition) is 0. The van der Waals surface area contributed by atoms with Gasteiger partial charge >= 0.3 is 0 Å². The first-order valence-corrected chi connectivity index (χ1v) is 1.58. The normalized spacial score (nSPS) is 6.67. The van der Waals surface area contributed by atoms with Gasteiger partial charge in [0, 0.05) is 29.2 Å². The van der Waals surface area contributed by atoms with Gasteiger partial charge in [0.1, 0.15) is 0 Å². The molecule has 0 saturated heterocycles. The third kappa shape index (κ3) is 1.28. The Morgan fingerprint density at radius 2 is 1.50 bits per heavy atom. The van der Waals surface area contributed by atoms with Crippen LogP contribution in [-0.4, -0.2) is 4.98 Å². The molecule has 0 fully saturated rings. The maximum Gasteiger partial charge on any atom is 0.000496 e. The van der Waals surface area contributed by atoms with E-state index >= 15 is 0 Å². The molecular formula is C4H5CoN. The number of nitrogens with one attached hydrogen (secondary N) is 1. The Kier molecular flexibility index (Phi) is 2.89. The molecule has 0 aliphatic rings. The Labute approximate surface area is 47.0 Å². The van der Waals surface area contributed by atoms with Gasteiger partial charge in [0.25, 0.3) is 0 Å².